The van der Waals surface area contributed by atoms with Crippen LogP contribution in [-0.2, 0) is 11.2 Å². The molecule has 0 saturated carbocycles. The number of hydrogen-bond acceptors (Lipinski definition) is 5. The van der Waals surface area contributed by atoms with E-state index in [-0.39, 0.29) is 12.1 Å². The summed E-state index contributed by atoms with van der Waals surface area (Å²) in [4.78, 5) is 25.6. The molecule has 0 saturated heterocycles. The number of anilines is 2. The van der Waals surface area contributed by atoms with Gasteiger partial charge in [-0.15, -0.1) is 10.2 Å². The summed E-state index contributed by atoms with van der Waals surface area (Å²) in [5.41, 5.74) is 2.90. The van der Waals surface area contributed by atoms with Crippen LogP contribution in [-0.4, -0.2) is 28.2 Å². The molecule has 172 valence electrons. The number of aryl methyl sites for hydroxylation is 1. The van der Waals surface area contributed by atoms with Crippen molar-refractivity contribution < 1.29 is 14.0 Å². The molecule has 3 aromatic carbocycles. The summed E-state index contributed by atoms with van der Waals surface area (Å²) in [5, 5.41) is 17.0. The Kier molecular flexibility index (Phi) is 7.24. The molecule has 34 heavy (non-hydrogen) atoms. The maximum absolute atomic E-state index is 13.9. The Hall–Kier alpha value is -4.11. The van der Waals surface area contributed by atoms with E-state index in [1.54, 1.807) is 6.07 Å². The first-order valence-electron chi connectivity index (χ1n) is 10.6. The molecule has 4 rings (SSSR count). The van der Waals surface area contributed by atoms with Gasteiger partial charge in [0.25, 0.3) is 0 Å². The number of amides is 3. The molecule has 4 aromatic rings. The molecule has 1 atom stereocenters. The molecule has 0 bridgehead atoms. The second-order valence-electron chi connectivity index (χ2n) is 7.59. The summed E-state index contributed by atoms with van der Waals surface area (Å²) in [6, 6.07) is 21.3. The van der Waals surface area contributed by atoms with Crippen LogP contribution in [0.1, 0.15) is 11.1 Å². The minimum Gasteiger partial charge on any atom is -0.326 e. The Labute approximate surface area is 200 Å². The highest BCUT2D eigenvalue weighted by atomic mass is 32.1. The van der Waals surface area contributed by atoms with Crippen LogP contribution < -0.4 is 16.0 Å². The Bertz CT molecular complexity index is 1280. The third-order valence-corrected chi connectivity index (χ3v) is 5.87. The van der Waals surface area contributed by atoms with E-state index < -0.39 is 23.8 Å². The van der Waals surface area contributed by atoms with Gasteiger partial charge >= 0.3 is 6.03 Å². The third kappa shape index (κ3) is 6.02. The molecule has 9 heteroatoms. The van der Waals surface area contributed by atoms with Gasteiger partial charge in [0.2, 0.25) is 11.0 Å². The number of rotatable bonds is 7. The number of carbonyl (C=O) groups excluding carboxylic acids is 2. The summed E-state index contributed by atoms with van der Waals surface area (Å²) in [6.45, 7) is 2.00. The maximum Gasteiger partial charge on any atom is 0.319 e. The highest BCUT2D eigenvalue weighted by Crippen LogP contribution is 2.26. The highest BCUT2D eigenvalue weighted by molar-refractivity contribution is 7.18. The molecule has 3 amide bonds. The SMILES string of the molecule is Cc1ccc(-c2nnc(NC(=O)C(Cc3ccccc3)NC(=O)Nc3ccccc3F)s2)cc1. The van der Waals surface area contributed by atoms with E-state index in [1.807, 2.05) is 61.5 Å². The van der Waals surface area contributed by atoms with Crippen LogP contribution in [0.5, 0.6) is 0 Å². The van der Waals surface area contributed by atoms with E-state index in [2.05, 4.69) is 26.1 Å². The number of nitrogens with one attached hydrogen (secondary N) is 3. The van der Waals surface area contributed by atoms with Gasteiger partial charge < -0.3 is 10.6 Å². The predicted octanol–water partition coefficient (Wildman–Crippen LogP) is 5.02. The van der Waals surface area contributed by atoms with E-state index in [4.69, 9.17) is 0 Å². The number of nitrogens with zero attached hydrogens (tertiary/aromatic N) is 2. The molecule has 0 aliphatic rings. The van der Waals surface area contributed by atoms with Crippen molar-refractivity contribution in [1.82, 2.24) is 15.5 Å². The average Bonchev–Trinajstić information content (AvgIpc) is 3.29. The van der Waals surface area contributed by atoms with Gasteiger partial charge in [0.05, 0.1) is 5.69 Å². The number of aromatic nitrogens is 2. The summed E-state index contributed by atoms with van der Waals surface area (Å²) in [6.07, 6.45) is 0.237. The number of urea groups is 1. The predicted molar refractivity (Wildman–Crippen MR) is 131 cm³/mol. The van der Waals surface area contributed by atoms with Crippen LogP contribution in [0.15, 0.2) is 78.9 Å². The third-order valence-electron chi connectivity index (χ3n) is 4.98. The molecule has 1 aromatic heterocycles. The minimum absolute atomic E-state index is 0.0192. The van der Waals surface area contributed by atoms with Crippen LogP contribution in [0.2, 0.25) is 0 Å². The lowest BCUT2D eigenvalue weighted by molar-refractivity contribution is -0.117. The first kappa shape index (κ1) is 23.1. The zero-order valence-corrected chi connectivity index (χ0v) is 19.1. The van der Waals surface area contributed by atoms with E-state index in [1.165, 1.54) is 29.5 Å². The second kappa shape index (κ2) is 10.7. The first-order chi connectivity index (χ1) is 16.5. The first-order valence-corrected chi connectivity index (χ1v) is 11.4. The fourth-order valence-corrected chi connectivity index (χ4v) is 3.97. The molecule has 0 fully saturated rings. The molecule has 0 aliphatic heterocycles. The molecule has 3 N–H and O–H groups in total. The van der Waals surface area contributed by atoms with Crippen molar-refractivity contribution in [2.75, 3.05) is 10.6 Å². The maximum atomic E-state index is 13.9. The Balaban J connectivity index is 1.48. The van der Waals surface area contributed by atoms with Crippen LogP contribution >= 0.6 is 11.3 Å². The topological polar surface area (TPSA) is 96.0 Å². The fraction of sp³-hybridized carbons (Fsp3) is 0.120. The molecule has 0 spiro atoms. The van der Waals surface area contributed by atoms with Gasteiger partial charge in [-0.2, -0.15) is 0 Å². The minimum atomic E-state index is -0.930. The summed E-state index contributed by atoms with van der Waals surface area (Å²) >= 11 is 1.24. The Morgan fingerprint density at radius 3 is 2.35 bits per heavy atom. The van der Waals surface area contributed by atoms with Crippen LogP contribution in [0.25, 0.3) is 10.6 Å². The second-order valence-corrected chi connectivity index (χ2v) is 8.57. The van der Waals surface area contributed by atoms with Crippen molar-refractivity contribution in [3.8, 4) is 10.6 Å². The number of hydrogen-bond donors (Lipinski definition) is 3. The lowest BCUT2D eigenvalue weighted by Crippen LogP contribution is -2.47. The zero-order chi connectivity index (χ0) is 23.9. The molecule has 7 nitrogen and oxygen atoms in total. The fourth-order valence-electron chi connectivity index (χ4n) is 3.22. The smallest absolute Gasteiger partial charge is 0.319 e. The van der Waals surface area contributed by atoms with Crippen molar-refractivity contribution in [1.29, 1.82) is 0 Å². The number of para-hydroxylation sites is 1. The van der Waals surface area contributed by atoms with Gasteiger partial charge in [-0.1, -0.05) is 83.6 Å². The number of carbonyl (C=O) groups is 2. The molecule has 1 unspecified atom stereocenters. The van der Waals surface area contributed by atoms with Crippen LogP contribution in [0.3, 0.4) is 0 Å². The van der Waals surface area contributed by atoms with Gasteiger partial charge in [0.1, 0.15) is 16.9 Å². The van der Waals surface area contributed by atoms with Gasteiger partial charge in [-0.25, -0.2) is 9.18 Å². The quantitative estimate of drug-likeness (QED) is 0.350. The molecular weight excluding hydrogens is 453 g/mol. The van der Waals surface area contributed by atoms with Gasteiger partial charge in [-0.3, -0.25) is 10.1 Å². The van der Waals surface area contributed by atoms with Crippen molar-refractivity contribution >= 4 is 34.1 Å². The number of halogens is 1. The van der Waals surface area contributed by atoms with E-state index in [9.17, 15) is 14.0 Å². The number of benzene rings is 3. The van der Waals surface area contributed by atoms with Crippen molar-refractivity contribution in [2.45, 2.75) is 19.4 Å². The summed E-state index contributed by atoms with van der Waals surface area (Å²) in [7, 11) is 0. The lowest BCUT2D eigenvalue weighted by atomic mass is 10.1. The van der Waals surface area contributed by atoms with E-state index >= 15 is 0 Å². The van der Waals surface area contributed by atoms with Gasteiger partial charge in [-0.05, 0) is 24.6 Å². The van der Waals surface area contributed by atoms with Crippen molar-refractivity contribution in [3.63, 3.8) is 0 Å². The van der Waals surface area contributed by atoms with Gasteiger partial charge in [0, 0.05) is 12.0 Å². The highest BCUT2D eigenvalue weighted by Gasteiger charge is 2.23. The Morgan fingerprint density at radius 1 is 0.912 bits per heavy atom. The molecule has 0 radical (unpaired) electrons. The molecule has 1 heterocycles. The van der Waals surface area contributed by atoms with E-state index in [0.717, 1.165) is 16.7 Å². The average molecular weight is 476 g/mol. The summed E-state index contributed by atoms with van der Waals surface area (Å²) in [5.74, 6) is -1.03. The lowest BCUT2D eigenvalue weighted by Gasteiger charge is -2.18. The van der Waals surface area contributed by atoms with E-state index in [0.29, 0.717) is 10.1 Å². The zero-order valence-electron chi connectivity index (χ0n) is 18.3. The Morgan fingerprint density at radius 2 is 1.62 bits per heavy atom. The van der Waals surface area contributed by atoms with Gasteiger partial charge in [0.15, 0.2) is 0 Å². The van der Waals surface area contributed by atoms with Crippen LogP contribution in [0, 0.1) is 12.7 Å². The largest absolute Gasteiger partial charge is 0.326 e. The molecule has 0 aliphatic carbocycles. The van der Waals surface area contributed by atoms with Crippen molar-refractivity contribution in [3.05, 3.63) is 95.8 Å². The monoisotopic (exact) mass is 475 g/mol. The summed E-state index contributed by atoms with van der Waals surface area (Å²) < 4.78 is 13.9. The standard InChI is InChI=1S/C25H22FN5O2S/c1-16-11-13-18(14-12-16)23-30-31-25(34-23)29-22(32)21(15-17-7-3-2-4-8-17)28-24(33)27-20-10-6-5-9-19(20)26/h2-14,21H,15H2,1H3,(H2,27,28,33)(H,29,31,32). The van der Waals surface area contributed by atoms with Crippen LogP contribution in [0.4, 0.5) is 20.0 Å². The normalized spacial score (nSPS) is 11.5. The van der Waals surface area contributed by atoms with Crippen molar-refractivity contribution in [2.24, 2.45) is 0 Å². The molecular formula is C25H22FN5O2S.